The van der Waals surface area contributed by atoms with E-state index in [1.54, 1.807) is 0 Å². The third-order valence-electron chi connectivity index (χ3n) is 1.45. The van der Waals surface area contributed by atoms with Crippen molar-refractivity contribution in [3.8, 4) is 0 Å². The summed E-state index contributed by atoms with van der Waals surface area (Å²) in [6.45, 7) is 6.13. The molecule has 0 amide bonds. The molecule has 0 unspecified atom stereocenters. The molecular formula is C8H19AlLiO2. The van der Waals surface area contributed by atoms with E-state index >= 15 is 0 Å². The van der Waals surface area contributed by atoms with Crippen molar-refractivity contribution in [1.29, 1.82) is 0 Å². The monoisotopic (exact) mass is 181 g/mol. The predicted molar refractivity (Wildman–Crippen MR) is 54.6 cm³/mol. The standard InChI is InChI=1S/2C4H9O.Al.Li.H/c2*1-2-3-4-5;;;/h2*2-4H2,1H3;;;/q2*-1;+2;;. The molecule has 4 heteroatoms. The van der Waals surface area contributed by atoms with Crippen LogP contribution in [0.1, 0.15) is 39.5 Å². The predicted octanol–water partition coefficient (Wildman–Crippen LogP) is 1.51. The molecule has 1 radical (unpaired) electrons. The van der Waals surface area contributed by atoms with Gasteiger partial charge in [-0.25, -0.2) is 0 Å². The summed E-state index contributed by atoms with van der Waals surface area (Å²) in [4.78, 5) is 0. The average Bonchev–Trinajstić information content (AvgIpc) is 2.03. The first kappa shape index (κ1) is 15.5. The maximum atomic E-state index is 5.34. The molecule has 2 nitrogen and oxygen atoms in total. The zero-order valence-corrected chi connectivity index (χ0v) is 10.2. The van der Waals surface area contributed by atoms with Crippen molar-refractivity contribution in [2.24, 2.45) is 0 Å². The largest absolute Gasteiger partial charge is 0.649 e. The molecule has 0 aliphatic rings. The van der Waals surface area contributed by atoms with E-state index in [1.165, 1.54) is 25.7 Å². The quantitative estimate of drug-likeness (QED) is 0.417. The molecule has 67 valence electrons. The molecule has 0 aliphatic heterocycles. The van der Waals surface area contributed by atoms with Crippen molar-refractivity contribution in [2.75, 3.05) is 13.2 Å². The smallest absolute Gasteiger partial charge is 0.481 e. The third kappa shape index (κ3) is 13.6. The fraction of sp³-hybridized carbons (Fsp3) is 1.00. The SMILES string of the molecule is CCCC[O][AlH][O]CCCC.[Li]. The second kappa shape index (κ2) is 14.6. The van der Waals surface area contributed by atoms with Crippen LogP contribution in [-0.4, -0.2) is 48.0 Å². The van der Waals surface area contributed by atoms with Crippen LogP contribution >= 0.6 is 0 Å². The average molecular weight is 181 g/mol. The van der Waals surface area contributed by atoms with Crippen molar-refractivity contribution >= 4 is 34.7 Å². The van der Waals surface area contributed by atoms with Gasteiger partial charge >= 0.3 is 15.9 Å². The van der Waals surface area contributed by atoms with Gasteiger partial charge in [-0.2, -0.15) is 0 Å². The molecule has 12 heavy (non-hydrogen) atoms. The number of hydrogen-bond donors (Lipinski definition) is 0. The van der Waals surface area contributed by atoms with Crippen LogP contribution in [-0.2, 0) is 7.58 Å². The summed E-state index contributed by atoms with van der Waals surface area (Å²) >= 11 is -0.629. The van der Waals surface area contributed by atoms with Gasteiger partial charge in [0.1, 0.15) is 0 Å². The van der Waals surface area contributed by atoms with Crippen LogP contribution in [0.15, 0.2) is 0 Å². The van der Waals surface area contributed by atoms with Gasteiger partial charge in [0.15, 0.2) is 0 Å². The van der Waals surface area contributed by atoms with E-state index in [-0.39, 0.29) is 18.9 Å². The molecule has 0 saturated heterocycles. The zero-order valence-electron chi connectivity index (χ0n) is 8.77. The zero-order chi connectivity index (χ0) is 8.36. The summed E-state index contributed by atoms with van der Waals surface area (Å²) in [5, 5.41) is 0. The Kier molecular flexibility index (Phi) is 18.8. The number of hydrogen-bond acceptors (Lipinski definition) is 2. The van der Waals surface area contributed by atoms with Gasteiger partial charge < -0.3 is 7.58 Å². The van der Waals surface area contributed by atoms with E-state index in [0.717, 1.165) is 13.2 Å². The Morgan fingerprint density at radius 2 is 1.33 bits per heavy atom. The molecule has 0 N–H and O–H groups in total. The van der Waals surface area contributed by atoms with Gasteiger partial charge in [0.2, 0.25) is 0 Å². The van der Waals surface area contributed by atoms with E-state index in [9.17, 15) is 0 Å². The van der Waals surface area contributed by atoms with Crippen molar-refractivity contribution in [1.82, 2.24) is 0 Å². The first-order valence-electron chi connectivity index (χ1n) is 4.57. The van der Waals surface area contributed by atoms with Gasteiger partial charge in [-0.3, -0.25) is 0 Å². The molecule has 0 aromatic heterocycles. The van der Waals surface area contributed by atoms with Gasteiger partial charge in [0, 0.05) is 32.1 Å². The summed E-state index contributed by atoms with van der Waals surface area (Å²) in [5.41, 5.74) is 0. The van der Waals surface area contributed by atoms with Gasteiger partial charge in [-0.1, -0.05) is 26.7 Å². The minimum absolute atomic E-state index is 0. The maximum absolute atomic E-state index is 5.34. The third-order valence-corrected chi connectivity index (χ3v) is 2.36. The summed E-state index contributed by atoms with van der Waals surface area (Å²) in [5.74, 6) is 0. The first-order valence-corrected chi connectivity index (χ1v) is 5.72. The number of rotatable bonds is 8. The van der Waals surface area contributed by atoms with E-state index < -0.39 is 15.9 Å². The summed E-state index contributed by atoms with van der Waals surface area (Å²) < 4.78 is 10.7. The van der Waals surface area contributed by atoms with E-state index in [2.05, 4.69) is 13.8 Å². The van der Waals surface area contributed by atoms with E-state index in [0.29, 0.717) is 0 Å². The Hall–Kier alpha value is 1.05. The molecule has 0 bridgehead atoms. The van der Waals surface area contributed by atoms with Crippen LogP contribution in [0.2, 0.25) is 0 Å². The van der Waals surface area contributed by atoms with Crippen LogP contribution in [0.5, 0.6) is 0 Å². The minimum Gasteiger partial charge on any atom is -0.481 e. The molecule has 0 atom stereocenters. The molecular weight excluding hydrogens is 162 g/mol. The Balaban J connectivity index is 0. The van der Waals surface area contributed by atoms with E-state index in [4.69, 9.17) is 7.58 Å². The molecule has 0 heterocycles. The van der Waals surface area contributed by atoms with Crippen molar-refractivity contribution in [2.45, 2.75) is 39.5 Å². The second-order valence-electron chi connectivity index (χ2n) is 2.64. The Morgan fingerprint density at radius 1 is 0.917 bits per heavy atom. The second-order valence-corrected chi connectivity index (χ2v) is 3.69. The van der Waals surface area contributed by atoms with Crippen LogP contribution < -0.4 is 0 Å². The Morgan fingerprint density at radius 3 is 1.67 bits per heavy atom. The Labute approximate surface area is 94.9 Å². The molecule has 0 aromatic carbocycles. The summed E-state index contributed by atoms with van der Waals surface area (Å²) in [6, 6.07) is 0. The van der Waals surface area contributed by atoms with Gasteiger partial charge in [-0.05, 0) is 12.8 Å². The van der Waals surface area contributed by atoms with Gasteiger partial charge in [-0.15, -0.1) is 0 Å². The van der Waals surface area contributed by atoms with Crippen LogP contribution in [0.4, 0.5) is 0 Å². The molecule has 0 aliphatic carbocycles. The van der Waals surface area contributed by atoms with Crippen LogP contribution in [0.3, 0.4) is 0 Å². The normalized spacial score (nSPS) is 9.17. The van der Waals surface area contributed by atoms with Crippen molar-refractivity contribution < 1.29 is 7.58 Å². The fourth-order valence-corrected chi connectivity index (χ4v) is 1.43. The maximum Gasteiger partial charge on any atom is 0.649 e. The van der Waals surface area contributed by atoms with E-state index in [1.807, 2.05) is 0 Å². The topological polar surface area (TPSA) is 18.5 Å². The first-order chi connectivity index (χ1) is 5.41. The molecule has 0 spiro atoms. The van der Waals surface area contributed by atoms with Crippen LogP contribution in [0, 0.1) is 0 Å². The molecule has 0 fully saturated rings. The number of unbranched alkanes of at least 4 members (excludes halogenated alkanes) is 2. The van der Waals surface area contributed by atoms with Crippen molar-refractivity contribution in [3.05, 3.63) is 0 Å². The van der Waals surface area contributed by atoms with Crippen LogP contribution in [0.25, 0.3) is 0 Å². The minimum atomic E-state index is -0.629. The van der Waals surface area contributed by atoms with Gasteiger partial charge in [0.05, 0.1) is 0 Å². The van der Waals surface area contributed by atoms with Gasteiger partial charge in [0.25, 0.3) is 0 Å². The Bertz CT molecular complexity index is 66.1. The fourth-order valence-electron chi connectivity index (χ4n) is 0.670. The molecule has 0 aromatic rings. The van der Waals surface area contributed by atoms with Crippen molar-refractivity contribution in [3.63, 3.8) is 0 Å². The molecule has 0 saturated carbocycles. The molecule has 0 rings (SSSR count). The summed E-state index contributed by atoms with van der Waals surface area (Å²) in [6.07, 6.45) is 4.76. The summed E-state index contributed by atoms with van der Waals surface area (Å²) in [7, 11) is 0.